The highest BCUT2D eigenvalue weighted by molar-refractivity contribution is 8.00. The summed E-state index contributed by atoms with van der Waals surface area (Å²) in [5.74, 6) is -0.859. The maximum absolute atomic E-state index is 13.0. The van der Waals surface area contributed by atoms with E-state index in [4.69, 9.17) is 5.73 Å². The van der Waals surface area contributed by atoms with E-state index >= 15 is 0 Å². The molecule has 0 spiro atoms. The third-order valence-electron chi connectivity index (χ3n) is 5.04. The lowest BCUT2D eigenvalue weighted by atomic mass is 10.1. The average molecular weight is 600 g/mol. The van der Waals surface area contributed by atoms with E-state index in [1.54, 1.807) is 0 Å². The molecule has 0 aliphatic carbocycles. The number of hydrogen-bond donors (Lipinski definition) is 2. The third kappa shape index (κ3) is 5.35. The van der Waals surface area contributed by atoms with E-state index in [-0.39, 0.29) is 11.1 Å². The molecule has 0 saturated heterocycles. The van der Waals surface area contributed by atoms with Gasteiger partial charge in [0, 0.05) is 22.5 Å². The Hall–Kier alpha value is -3.54. The second-order valence-corrected chi connectivity index (χ2v) is 14.2. The lowest BCUT2D eigenvalue weighted by Crippen LogP contribution is -2.16. The number of nitrogen functional groups attached to an aromatic ring is 1. The largest absolute Gasteiger partial charge is 0.507 e. The molecule has 12 nitrogen and oxygen atoms in total. The average Bonchev–Trinajstić information content (AvgIpc) is 2.83. The van der Waals surface area contributed by atoms with Crippen LogP contribution < -0.4 is 5.73 Å². The van der Waals surface area contributed by atoms with Gasteiger partial charge in [0.05, 0.1) is 14.7 Å². The number of fused-ring (bicyclic) bond motifs is 1. The minimum absolute atomic E-state index is 0.205. The SMILES string of the molecule is Nc1ccc(S(=O)(=O)OS(=O)(=O)c2ccccc2)c2cc(S(=O)(=O)OS(=O)(=O)c3ccccc3)cc(O)c12. The van der Waals surface area contributed by atoms with E-state index in [0.29, 0.717) is 12.1 Å². The summed E-state index contributed by atoms with van der Waals surface area (Å²) in [6, 6.07) is 15.8. The summed E-state index contributed by atoms with van der Waals surface area (Å²) in [5, 5.41) is 9.57. The molecule has 0 radical (unpaired) electrons. The fourth-order valence-electron chi connectivity index (χ4n) is 3.36. The number of anilines is 1. The summed E-state index contributed by atoms with van der Waals surface area (Å²) in [6.07, 6.45) is 0. The van der Waals surface area contributed by atoms with Gasteiger partial charge < -0.3 is 10.8 Å². The van der Waals surface area contributed by atoms with Gasteiger partial charge in [-0.25, -0.2) is 0 Å². The summed E-state index contributed by atoms with van der Waals surface area (Å²) < 4.78 is 111. The van der Waals surface area contributed by atoms with Gasteiger partial charge in [-0.1, -0.05) is 36.4 Å². The molecule has 0 unspecified atom stereocenters. The van der Waals surface area contributed by atoms with Gasteiger partial charge >= 0.3 is 40.5 Å². The number of nitrogens with two attached hydrogens (primary N) is 1. The summed E-state index contributed by atoms with van der Waals surface area (Å²) >= 11 is 0. The number of rotatable bonds is 8. The molecule has 4 aromatic carbocycles. The van der Waals surface area contributed by atoms with Gasteiger partial charge in [0.15, 0.2) is 0 Å². The first-order valence-electron chi connectivity index (χ1n) is 10.2. The van der Waals surface area contributed by atoms with Gasteiger partial charge in [0.2, 0.25) is 0 Å². The van der Waals surface area contributed by atoms with Crippen LogP contribution in [0.1, 0.15) is 0 Å². The Morgan fingerprint density at radius 3 is 1.50 bits per heavy atom. The molecule has 0 heterocycles. The van der Waals surface area contributed by atoms with Crippen molar-refractivity contribution in [2.45, 2.75) is 19.6 Å². The van der Waals surface area contributed by atoms with Crippen molar-refractivity contribution in [2.75, 3.05) is 5.73 Å². The van der Waals surface area contributed by atoms with Gasteiger partial charge in [-0.3, -0.25) is 0 Å². The molecule has 4 aromatic rings. The van der Waals surface area contributed by atoms with Crippen molar-refractivity contribution in [2.24, 2.45) is 0 Å². The Morgan fingerprint density at radius 2 is 1.00 bits per heavy atom. The van der Waals surface area contributed by atoms with Crippen LogP contribution in [0, 0.1) is 0 Å². The molecule has 16 heteroatoms. The number of phenols is 1. The summed E-state index contributed by atoms with van der Waals surface area (Å²) in [5.41, 5.74) is 5.63. The van der Waals surface area contributed by atoms with E-state index in [2.05, 4.69) is 7.26 Å². The first kappa shape index (κ1) is 27.5. The lowest BCUT2D eigenvalue weighted by Gasteiger charge is -2.13. The summed E-state index contributed by atoms with van der Waals surface area (Å²) in [7, 11) is -20.1. The molecule has 0 saturated carbocycles. The molecule has 0 aromatic heterocycles. The van der Waals surface area contributed by atoms with Gasteiger partial charge in [0.1, 0.15) is 10.6 Å². The van der Waals surface area contributed by atoms with Gasteiger partial charge in [0.25, 0.3) is 0 Å². The van der Waals surface area contributed by atoms with Crippen LogP contribution in [-0.4, -0.2) is 38.8 Å². The molecule has 200 valence electrons. The van der Waals surface area contributed by atoms with Crippen LogP contribution in [0.25, 0.3) is 10.8 Å². The highest BCUT2D eigenvalue weighted by Crippen LogP contribution is 2.38. The number of phenolic OH excluding ortho intramolecular Hbond substituents is 1. The second kappa shape index (κ2) is 9.64. The van der Waals surface area contributed by atoms with Crippen LogP contribution in [0.3, 0.4) is 0 Å². The molecular formula is C22H17NO11S4. The highest BCUT2D eigenvalue weighted by Gasteiger charge is 2.32. The molecule has 4 rings (SSSR count). The van der Waals surface area contributed by atoms with Crippen LogP contribution in [0.4, 0.5) is 5.69 Å². The van der Waals surface area contributed by atoms with Crippen LogP contribution >= 0.6 is 0 Å². The van der Waals surface area contributed by atoms with Gasteiger partial charge in [-0.2, -0.15) is 33.7 Å². The molecule has 0 atom stereocenters. The minimum atomic E-state index is -5.18. The Morgan fingerprint density at radius 1 is 0.553 bits per heavy atom. The third-order valence-corrected chi connectivity index (χ3v) is 11.3. The predicted molar refractivity (Wildman–Crippen MR) is 134 cm³/mol. The minimum Gasteiger partial charge on any atom is -0.507 e. The van der Waals surface area contributed by atoms with E-state index in [0.717, 1.165) is 36.4 Å². The van der Waals surface area contributed by atoms with E-state index in [9.17, 15) is 38.8 Å². The van der Waals surface area contributed by atoms with Gasteiger partial charge in [-0.05, 0) is 42.5 Å². The van der Waals surface area contributed by atoms with Crippen molar-refractivity contribution in [1.29, 1.82) is 0 Å². The van der Waals surface area contributed by atoms with Crippen molar-refractivity contribution in [3.63, 3.8) is 0 Å². The maximum atomic E-state index is 13.0. The highest BCUT2D eigenvalue weighted by atomic mass is 32.3. The normalized spacial score (nSPS) is 12.9. The Balaban J connectivity index is 1.85. The smallest absolute Gasteiger partial charge is 0.312 e. The van der Waals surface area contributed by atoms with Crippen molar-refractivity contribution < 1.29 is 46.0 Å². The number of hydrogen-bond acceptors (Lipinski definition) is 12. The monoisotopic (exact) mass is 599 g/mol. The fourth-order valence-corrected chi connectivity index (χ4v) is 8.65. The molecule has 3 N–H and O–H groups in total. The van der Waals surface area contributed by atoms with Crippen molar-refractivity contribution in [3.8, 4) is 5.75 Å². The zero-order chi connectivity index (χ0) is 27.9. The molecule has 38 heavy (non-hydrogen) atoms. The molecule has 0 bridgehead atoms. The van der Waals surface area contributed by atoms with Gasteiger partial charge in [-0.15, -0.1) is 7.26 Å². The first-order chi connectivity index (χ1) is 17.6. The Labute approximate surface area is 218 Å². The molecule has 0 fully saturated rings. The second-order valence-electron chi connectivity index (χ2n) is 7.60. The predicted octanol–water partition coefficient (Wildman–Crippen LogP) is 2.32. The topological polar surface area (TPSA) is 201 Å². The van der Waals surface area contributed by atoms with Crippen LogP contribution in [0.5, 0.6) is 5.75 Å². The van der Waals surface area contributed by atoms with Crippen LogP contribution in [-0.2, 0) is 47.7 Å². The molecule has 0 aliphatic heterocycles. The molecule has 0 amide bonds. The molecular weight excluding hydrogens is 583 g/mol. The zero-order valence-corrected chi connectivity index (χ0v) is 22.1. The number of benzene rings is 4. The fraction of sp³-hybridized carbons (Fsp3) is 0. The van der Waals surface area contributed by atoms with Crippen LogP contribution in [0.2, 0.25) is 0 Å². The molecule has 0 aliphatic rings. The summed E-state index contributed by atoms with van der Waals surface area (Å²) in [4.78, 5) is -2.80. The maximum Gasteiger partial charge on any atom is 0.312 e. The standard InChI is InChI=1S/C22H17NO11S4/c23-19-11-12-21(38(31,32)34-36(27,28)16-9-5-2-6-10-16)18-13-17(14-20(24)22(18)19)37(29,30)33-35(25,26)15-7-3-1-4-8-15/h1-14,24H,23H2. The number of aromatic hydroxyl groups is 1. The van der Waals surface area contributed by atoms with Crippen molar-refractivity contribution in [1.82, 2.24) is 0 Å². The quantitative estimate of drug-likeness (QED) is 0.280. The van der Waals surface area contributed by atoms with Crippen molar-refractivity contribution >= 4 is 56.9 Å². The Kier molecular flexibility index (Phi) is 6.98. The van der Waals surface area contributed by atoms with E-state index in [1.165, 1.54) is 36.4 Å². The van der Waals surface area contributed by atoms with Crippen molar-refractivity contribution in [3.05, 3.63) is 84.9 Å². The van der Waals surface area contributed by atoms with Crippen LogP contribution in [0.15, 0.2) is 105 Å². The first-order valence-corrected chi connectivity index (χ1v) is 15.8. The van der Waals surface area contributed by atoms with E-state index in [1.807, 2.05) is 0 Å². The lowest BCUT2D eigenvalue weighted by molar-refractivity contribution is 0.456. The Bertz CT molecular complexity index is 1970. The zero-order valence-electron chi connectivity index (χ0n) is 18.8. The summed E-state index contributed by atoms with van der Waals surface area (Å²) in [6.45, 7) is 0. The van der Waals surface area contributed by atoms with E-state index < -0.39 is 71.2 Å².